The normalized spacial score (nSPS) is 21.7. The van der Waals surface area contributed by atoms with Crippen LogP contribution < -0.4 is 4.90 Å². The Balaban J connectivity index is 1.37. The molecule has 2 amide bonds. The highest BCUT2D eigenvalue weighted by Crippen LogP contribution is 2.34. The summed E-state index contributed by atoms with van der Waals surface area (Å²) < 4.78 is 0. The molecule has 1 saturated carbocycles. The zero-order valence-corrected chi connectivity index (χ0v) is 18.9. The average Bonchev–Trinajstić information content (AvgIpc) is 3.32. The summed E-state index contributed by atoms with van der Waals surface area (Å²) in [5, 5.41) is 0. The summed E-state index contributed by atoms with van der Waals surface area (Å²) in [6.07, 6.45) is 7.75. The molecule has 0 radical (unpaired) electrons. The van der Waals surface area contributed by atoms with Gasteiger partial charge in [-0.05, 0) is 38.2 Å². The fourth-order valence-electron chi connectivity index (χ4n) is 5.49. The van der Waals surface area contributed by atoms with Crippen LogP contribution in [0.15, 0.2) is 30.3 Å². The van der Waals surface area contributed by atoms with E-state index in [0.29, 0.717) is 31.8 Å². The zero-order chi connectivity index (χ0) is 22.1. The molecular formula is C26H32N4O2. The Kier molecular flexibility index (Phi) is 5.94. The Morgan fingerprint density at radius 3 is 2.59 bits per heavy atom. The number of benzene rings is 1. The molecule has 0 spiro atoms. The molecule has 2 fully saturated rings. The molecule has 3 aliphatic rings. The number of likely N-dealkylation sites (tertiary alicyclic amines) is 1. The third-order valence-corrected chi connectivity index (χ3v) is 7.36. The first-order valence-electron chi connectivity index (χ1n) is 12.1. The molecule has 0 N–H and O–H groups in total. The highest BCUT2D eigenvalue weighted by molar-refractivity contribution is 5.95. The van der Waals surface area contributed by atoms with Gasteiger partial charge in [-0.1, -0.05) is 49.6 Å². The van der Waals surface area contributed by atoms with Crippen molar-refractivity contribution in [1.82, 2.24) is 14.9 Å². The van der Waals surface area contributed by atoms with Crippen molar-refractivity contribution in [2.24, 2.45) is 5.92 Å². The van der Waals surface area contributed by atoms with Crippen LogP contribution in [0, 0.1) is 12.8 Å². The van der Waals surface area contributed by atoms with E-state index in [1.54, 1.807) is 0 Å². The van der Waals surface area contributed by atoms with Gasteiger partial charge in [-0.2, -0.15) is 0 Å². The van der Waals surface area contributed by atoms with Gasteiger partial charge in [0.2, 0.25) is 11.8 Å². The number of hydrogen-bond donors (Lipinski definition) is 0. The first-order chi connectivity index (χ1) is 15.6. The molecular weight excluding hydrogens is 400 g/mol. The van der Waals surface area contributed by atoms with Gasteiger partial charge in [0.15, 0.2) is 0 Å². The van der Waals surface area contributed by atoms with E-state index in [1.165, 1.54) is 19.3 Å². The number of anilines is 1. The zero-order valence-electron chi connectivity index (χ0n) is 18.9. The van der Waals surface area contributed by atoms with Crippen LogP contribution in [-0.2, 0) is 22.6 Å². The van der Waals surface area contributed by atoms with Gasteiger partial charge in [0.05, 0.1) is 6.54 Å². The quantitative estimate of drug-likeness (QED) is 0.728. The van der Waals surface area contributed by atoms with Crippen molar-refractivity contribution in [1.29, 1.82) is 0 Å². The first kappa shape index (κ1) is 21.1. The third kappa shape index (κ3) is 4.15. The third-order valence-electron chi connectivity index (χ3n) is 7.36. The van der Waals surface area contributed by atoms with Gasteiger partial charge < -0.3 is 4.90 Å². The van der Waals surface area contributed by atoms with Crippen LogP contribution in [0.4, 0.5) is 5.82 Å². The molecule has 1 atom stereocenters. The lowest BCUT2D eigenvalue weighted by molar-refractivity contribution is -0.135. The van der Waals surface area contributed by atoms with Gasteiger partial charge in [0, 0.05) is 42.6 Å². The minimum Gasteiger partial charge on any atom is -0.342 e. The summed E-state index contributed by atoms with van der Waals surface area (Å²) in [6.45, 7) is 4.03. The Hall–Kier alpha value is -2.76. The number of hydrogen-bond acceptors (Lipinski definition) is 4. The summed E-state index contributed by atoms with van der Waals surface area (Å²) >= 11 is 0. The second-order valence-electron chi connectivity index (χ2n) is 9.54. The maximum Gasteiger partial charge on any atom is 0.228 e. The van der Waals surface area contributed by atoms with Crippen LogP contribution >= 0.6 is 0 Å². The van der Waals surface area contributed by atoms with Crippen molar-refractivity contribution in [3.8, 4) is 0 Å². The highest BCUT2D eigenvalue weighted by atomic mass is 16.2. The molecule has 2 aromatic rings. The van der Waals surface area contributed by atoms with Crippen LogP contribution in [-0.4, -0.2) is 39.8 Å². The van der Waals surface area contributed by atoms with Gasteiger partial charge >= 0.3 is 0 Å². The van der Waals surface area contributed by atoms with Crippen LogP contribution in [0.2, 0.25) is 0 Å². The maximum absolute atomic E-state index is 13.0. The number of carbonyl (C=O) groups excluding carboxylic acids is 2. The van der Waals surface area contributed by atoms with E-state index in [9.17, 15) is 9.59 Å². The van der Waals surface area contributed by atoms with E-state index in [2.05, 4.69) is 0 Å². The maximum atomic E-state index is 13.0. The summed E-state index contributed by atoms with van der Waals surface area (Å²) in [5.74, 6) is 2.33. The molecule has 32 heavy (non-hydrogen) atoms. The second-order valence-corrected chi connectivity index (χ2v) is 9.54. The Labute approximate surface area is 190 Å². The van der Waals surface area contributed by atoms with Crippen molar-refractivity contribution in [3.63, 3.8) is 0 Å². The van der Waals surface area contributed by atoms with Crippen LogP contribution in [0.25, 0.3) is 0 Å². The molecule has 3 heterocycles. The molecule has 1 aromatic heterocycles. The average molecular weight is 433 g/mol. The molecule has 2 aliphatic heterocycles. The van der Waals surface area contributed by atoms with Crippen LogP contribution in [0.1, 0.15) is 73.5 Å². The predicted molar refractivity (Wildman–Crippen MR) is 123 cm³/mol. The van der Waals surface area contributed by atoms with E-state index >= 15 is 0 Å². The Bertz CT molecular complexity index is 1000. The molecule has 6 nitrogen and oxygen atoms in total. The molecule has 168 valence electrons. The van der Waals surface area contributed by atoms with Gasteiger partial charge in [-0.25, -0.2) is 9.97 Å². The van der Waals surface area contributed by atoms with Crippen molar-refractivity contribution < 1.29 is 9.59 Å². The van der Waals surface area contributed by atoms with Crippen molar-refractivity contribution in [2.75, 3.05) is 18.0 Å². The smallest absolute Gasteiger partial charge is 0.228 e. The lowest BCUT2D eigenvalue weighted by Gasteiger charge is -2.30. The first-order valence-corrected chi connectivity index (χ1v) is 12.1. The largest absolute Gasteiger partial charge is 0.342 e. The topological polar surface area (TPSA) is 66.4 Å². The molecule has 1 aliphatic carbocycles. The van der Waals surface area contributed by atoms with Crippen LogP contribution in [0.3, 0.4) is 0 Å². The standard InChI is InChI=1S/C26H32N4O2/c1-18-22-12-13-23(31)30(16-19-8-4-2-5-9-19)25(22)28-24(27-18)21-14-15-29(17-21)26(32)20-10-6-3-7-11-20/h2,4-5,8-9,20-21H,3,6-7,10-17H2,1H3. The monoisotopic (exact) mass is 432 g/mol. The predicted octanol–water partition coefficient (Wildman–Crippen LogP) is 4.16. The summed E-state index contributed by atoms with van der Waals surface area (Å²) in [6, 6.07) is 10.1. The summed E-state index contributed by atoms with van der Waals surface area (Å²) in [7, 11) is 0. The molecule has 1 saturated heterocycles. The molecule has 5 rings (SSSR count). The van der Waals surface area contributed by atoms with Gasteiger partial charge in [0.1, 0.15) is 11.6 Å². The Morgan fingerprint density at radius 2 is 1.81 bits per heavy atom. The van der Waals surface area contributed by atoms with Crippen LogP contribution in [0.5, 0.6) is 0 Å². The van der Waals surface area contributed by atoms with Crippen molar-refractivity contribution in [2.45, 2.75) is 70.8 Å². The Morgan fingerprint density at radius 1 is 1.03 bits per heavy atom. The lowest BCUT2D eigenvalue weighted by atomic mass is 9.88. The van der Waals surface area contributed by atoms with Gasteiger partial charge in [-0.3, -0.25) is 14.5 Å². The fraction of sp³-hybridized carbons (Fsp3) is 0.538. The van der Waals surface area contributed by atoms with E-state index in [4.69, 9.17) is 9.97 Å². The number of aromatic nitrogens is 2. The SMILES string of the molecule is Cc1nc(C2CCN(C(=O)C3CCCCC3)C2)nc2c1CCC(=O)N2Cc1ccccc1. The minimum atomic E-state index is 0.117. The molecule has 6 heteroatoms. The van der Waals surface area contributed by atoms with E-state index < -0.39 is 0 Å². The number of carbonyl (C=O) groups is 2. The fourth-order valence-corrected chi connectivity index (χ4v) is 5.49. The minimum absolute atomic E-state index is 0.117. The van der Waals surface area contributed by atoms with Crippen molar-refractivity contribution in [3.05, 3.63) is 53.0 Å². The molecule has 1 unspecified atom stereocenters. The van der Waals surface area contributed by atoms with E-state index in [-0.39, 0.29) is 17.7 Å². The summed E-state index contributed by atoms with van der Waals surface area (Å²) in [5.41, 5.74) is 3.14. The van der Waals surface area contributed by atoms with Gasteiger partial charge in [-0.15, -0.1) is 0 Å². The van der Waals surface area contributed by atoms with Crippen molar-refractivity contribution >= 4 is 17.6 Å². The van der Waals surface area contributed by atoms with Gasteiger partial charge in [0.25, 0.3) is 0 Å². The number of rotatable bonds is 4. The highest BCUT2D eigenvalue weighted by Gasteiger charge is 2.35. The molecule has 0 bridgehead atoms. The van der Waals surface area contributed by atoms with E-state index in [0.717, 1.165) is 54.3 Å². The molecule has 1 aromatic carbocycles. The lowest BCUT2D eigenvalue weighted by Crippen LogP contribution is -2.37. The number of fused-ring (bicyclic) bond motifs is 1. The summed E-state index contributed by atoms with van der Waals surface area (Å²) in [4.78, 5) is 39.5. The second kappa shape index (κ2) is 9.00. The number of amides is 2. The van der Waals surface area contributed by atoms with E-state index in [1.807, 2.05) is 47.1 Å². The number of aryl methyl sites for hydroxylation is 1. The number of nitrogens with zero attached hydrogens (tertiary/aromatic N) is 4.